The Kier molecular flexibility index (Phi) is 4.10. The molecular weight excluding hydrogens is 302 g/mol. The highest BCUT2D eigenvalue weighted by Gasteiger charge is 2.10. The summed E-state index contributed by atoms with van der Waals surface area (Å²) in [5, 5.41) is 23.1. The van der Waals surface area contributed by atoms with Crippen molar-refractivity contribution in [2.75, 3.05) is 0 Å². The van der Waals surface area contributed by atoms with E-state index < -0.39 is 4.92 Å². The second kappa shape index (κ2) is 6.35. The first-order valence-corrected chi connectivity index (χ1v) is 7.42. The van der Waals surface area contributed by atoms with Crippen LogP contribution in [0.3, 0.4) is 0 Å². The molecule has 0 N–H and O–H groups in total. The number of para-hydroxylation sites is 1. The van der Waals surface area contributed by atoms with E-state index >= 15 is 0 Å². The molecule has 0 spiro atoms. The Morgan fingerprint density at radius 3 is 2.73 bits per heavy atom. The summed E-state index contributed by atoms with van der Waals surface area (Å²) in [6.07, 6.45) is 0. The van der Waals surface area contributed by atoms with E-state index in [-0.39, 0.29) is 5.69 Å². The fourth-order valence-electron chi connectivity index (χ4n) is 1.91. The first-order valence-electron chi connectivity index (χ1n) is 6.44. The van der Waals surface area contributed by atoms with E-state index in [0.29, 0.717) is 10.9 Å². The summed E-state index contributed by atoms with van der Waals surface area (Å²) in [5.41, 5.74) is 1.80. The highest BCUT2D eigenvalue weighted by Crippen LogP contribution is 2.24. The van der Waals surface area contributed by atoms with Crippen molar-refractivity contribution in [2.45, 2.75) is 10.9 Å². The smallest absolute Gasteiger partial charge is 0.258 e. The van der Waals surface area contributed by atoms with Crippen LogP contribution in [0.2, 0.25) is 0 Å². The highest BCUT2D eigenvalue weighted by molar-refractivity contribution is 7.98. The van der Waals surface area contributed by atoms with Crippen molar-refractivity contribution in [2.24, 2.45) is 0 Å². The lowest BCUT2D eigenvalue weighted by Crippen LogP contribution is -1.98. The monoisotopic (exact) mass is 313 g/mol. The van der Waals surface area contributed by atoms with Crippen LogP contribution in [0.1, 0.15) is 5.56 Å². The van der Waals surface area contributed by atoms with Crippen molar-refractivity contribution in [3.63, 3.8) is 0 Å². The van der Waals surface area contributed by atoms with Crippen LogP contribution in [-0.2, 0) is 5.75 Å². The van der Waals surface area contributed by atoms with Crippen LogP contribution in [0, 0.1) is 10.1 Å². The van der Waals surface area contributed by atoms with Crippen LogP contribution < -0.4 is 0 Å². The molecule has 0 saturated carbocycles. The number of aromatic nitrogens is 4. The normalized spacial score (nSPS) is 10.5. The van der Waals surface area contributed by atoms with Crippen molar-refractivity contribution in [3.05, 3.63) is 70.3 Å². The summed E-state index contributed by atoms with van der Waals surface area (Å²) in [6.45, 7) is 0. The number of thioether (sulfide) groups is 1. The van der Waals surface area contributed by atoms with Crippen LogP contribution in [0.4, 0.5) is 5.69 Å². The Labute approximate surface area is 130 Å². The SMILES string of the molecule is O=[N+]([O-])c1cccc(CSc2nnnn2-c2ccccc2)c1. The first-order chi connectivity index (χ1) is 10.7. The van der Waals surface area contributed by atoms with E-state index in [1.165, 1.54) is 17.8 Å². The van der Waals surface area contributed by atoms with Gasteiger partial charge in [-0.15, -0.1) is 5.10 Å². The molecule has 2 aromatic carbocycles. The number of hydrogen-bond acceptors (Lipinski definition) is 6. The first kappa shape index (κ1) is 14.2. The van der Waals surface area contributed by atoms with Gasteiger partial charge in [0, 0.05) is 17.9 Å². The average Bonchev–Trinajstić information content (AvgIpc) is 3.02. The van der Waals surface area contributed by atoms with Gasteiger partial charge in [0.05, 0.1) is 10.6 Å². The van der Waals surface area contributed by atoms with Crippen molar-refractivity contribution >= 4 is 17.4 Å². The minimum absolute atomic E-state index is 0.0840. The van der Waals surface area contributed by atoms with Crippen molar-refractivity contribution in [1.82, 2.24) is 20.2 Å². The molecule has 110 valence electrons. The van der Waals surface area contributed by atoms with Crippen LogP contribution in [0.5, 0.6) is 0 Å². The zero-order valence-electron chi connectivity index (χ0n) is 11.4. The topological polar surface area (TPSA) is 86.7 Å². The molecule has 22 heavy (non-hydrogen) atoms. The zero-order valence-corrected chi connectivity index (χ0v) is 12.2. The zero-order chi connectivity index (χ0) is 15.4. The predicted octanol–water partition coefficient (Wildman–Crippen LogP) is 2.86. The lowest BCUT2D eigenvalue weighted by atomic mass is 10.2. The summed E-state index contributed by atoms with van der Waals surface area (Å²) in [6, 6.07) is 16.1. The van der Waals surface area contributed by atoms with E-state index in [9.17, 15) is 10.1 Å². The third-order valence-electron chi connectivity index (χ3n) is 2.93. The maximum atomic E-state index is 10.8. The number of nitro benzene ring substituents is 1. The van der Waals surface area contributed by atoms with Crippen LogP contribution in [0.25, 0.3) is 5.69 Å². The van der Waals surface area contributed by atoms with E-state index in [1.807, 2.05) is 36.4 Å². The van der Waals surface area contributed by atoms with Gasteiger partial charge in [0.2, 0.25) is 5.16 Å². The van der Waals surface area contributed by atoms with Crippen molar-refractivity contribution < 1.29 is 4.92 Å². The fraction of sp³-hybridized carbons (Fsp3) is 0.0714. The Morgan fingerprint density at radius 1 is 1.14 bits per heavy atom. The molecule has 0 unspecified atom stereocenters. The summed E-state index contributed by atoms with van der Waals surface area (Å²) in [5.74, 6) is 0.550. The number of rotatable bonds is 5. The van der Waals surface area contributed by atoms with Gasteiger partial charge in [-0.25, -0.2) is 0 Å². The van der Waals surface area contributed by atoms with Crippen LogP contribution in [-0.4, -0.2) is 25.1 Å². The molecule has 0 atom stereocenters. The second-order valence-corrected chi connectivity index (χ2v) is 5.37. The number of hydrogen-bond donors (Lipinski definition) is 0. The third kappa shape index (κ3) is 3.12. The minimum Gasteiger partial charge on any atom is -0.258 e. The number of tetrazole rings is 1. The lowest BCUT2D eigenvalue weighted by molar-refractivity contribution is -0.384. The lowest BCUT2D eigenvalue weighted by Gasteiger charge is -2.04. The molecule has 0 aliphatic rings. The summed E-state index contributed by atoms with van der Waals surface area (Å²) < 4.78 is 1.64. The molecular formula is C14H11N5O2S. The van der Waals surface area contributed by atoms with Gasteiger partial charge in [0.25, 0.3) is 5.69 Å². The molecule has 8 heteroatoms. The summed E-state index contributed by atoms with van der Waals surface area (Å²) in [7, 11) is 0. The molecule has 3 aromatic rings. The summed E-state index contributed by atoms with van der Waals surface area (Å²) >= 11 is 1.43. The Hall–Kier alpha value is -2.74. The van der Waals surface area contributed by atoms with Gasteiger partial charge in [0.1, 0.15) is 0 Å². The maximum absolute atomic E-state index is 10.8. The number of non-ortho nitro benzene ring substituents is 1. The molecule has 7 nitrogen and oxygen atoms in total. The predicted molar refractivity (Wildman–Crippen MR) is 81.8 cm³/mol. The van der Waals surface area contributed by atoms with Gasteiger partial charge < -0.3 is 0 Å². The van der Waals surface area contributed by atoms with Crippen LogP contribution >= 0.6 is 11.8 Å². The van der Waals surface area contributed by atoms with Gasteiger partial charge >= 0.3 is 0 Å². The fourth-order valence-corrected chi connectivity index (χ4v) is 2.74. The van der Waals surface area contributed by atoms with Crippen molar-refractivity contribution in [3.8, 4) is 5.69 Å². The number of nitro groups is 1. The number of nitrogens with zero attached hydrogens (tertiary/aromatic N) is 5. The largest absolute Gasteiger partial charge is 0.269 e. The van der Waals surface area contributed by atoms with E-state index in [4.69, 9.17) is 0 Å². The molecule has 0 aliphatic carbocycles. The summed E-state index contributed by atoms with van der Waals surface area (Å²) in [4.78, 5) is 10.4. The Balaban J connectivity index is 1.77. The Morgan fingerprint density at radius 2 is 1.95 bits per heavy atom. The maximum Gasteiger partial charge on any atom is 0.269 e. The number of benzene rings is 2. The standard InChI is InChI=1S/C14H11N5O2S/c20-19(21)13-8-4-5-11(9-13)10-22-14-15-16-17-18(14)12-6-2-1-3-7-12/h1-9H,10H2. The van der Waals surface area contributed by atoms with E-state index in [1.54, 1.807) is 16.8 Å². The molecule has 0 radical (unpaired) electrons. The molecule has 1 aromatic heterocycles. The van der Waals surface area contributed by atoms with Gasteiger partial charge in [0.15, 0.2) is 0 Å². The average molecular weight is 313 g/mol. The Bertz CT molecular complexity index is 791. The molecule has 3 rings (SSSR count). The molecule has 0 bridgehead atoms. The highest BCUT2D eigenvalue weighted by atomic mass is 32.2. The van der Waals surface area contributed by atoms with E-state index in [2.05, 4.69) is 15.5 Å². The second-order valence-electron chi connectivity index (χ2n) is 4.42. The van der Waals surface area contributed by atoms with Gasteiger partial charge in [-0.1, -0.05) is 42.1 Å². The molecule has 0 amide bonds. The van der Waals surface area contributed by atoms with Crippen molar-refractivity contribution in [1.29, 1.82) is 0 Å². The quantitative estimate of drug-likeness (QED) is 0.409. The van der Waals surface area contributed by atoms with Gasteiger partial charge in [-0.05, 0) is 28.1 Å². The molecule has 0 aliphatic heterocycles. The molecule has 0 fully saturated rings. The third-order valence-corrected chi connectivity index (χ3v) is 3.92. The molecule has 1 heterocycles. The molecule has 0 saturated heterocycles. The van der Waals surface area contributed by atoms with E-state index in [0.717, 1.165) is 11.3 Å². The van der Waals surface area contributed by atoms with Gasteiger partial charge in [-0.2, -0.15) is 4.68 Å². The minimum atomic E-state index is -0.401. The van der Waals surface area contributed by atoms with Crippen LogP contribution in [0.15, 0.2) is 59.8 Å². The van der Waals surface area contributed by atoms with Gasteiger partial charge in [-0.3, -0.25) is 10.1 Å².